The van der Waals surface area contributed by atoms with Crippen LogP contribution >= 0.6 is 23.2 Å². The molecule has 3 nitrogen and oxygen atoms in total. The predicted octanol–water partition coefficient (Wildman–Crippen LogP) is 5.25. The monoisotopic (exact) mass is 345 g/mol. The van der Waals surface area contributed by atoms with E-state index in [-0.39, 0.29) is 5.41 Å². The third-order valence-corrected chi connectivity index (χ3v) is 5.48. The smallest absolute Gasteiger partial charge is 0.234 e. The Hall–Kier alpha value is -1.58. The van der Waals surface area contributed by atoms with Crippen LogP contribution in [0.4, 0.5) is 0 Å². The summed E-state index contributed by atoms with van der Waals surface area (Å²) in [4.78, 5) is 9.13. The third kappa shape index (κ3) is 2.26. The summed E-state index contributed by atoms with van der Waals surface area (Å²) in [5.41, 5.74) is 3.58. The summed E-state index contributed by atoms with van der Waals surface area (Å²) in [5.74, 6) is 1.46. The molecule has 2 aromatic heterocycles. The lowest BCUT2D eigenvalue weighted by molar-refractivity contribution is 0.597. The zero-order valence-electron chi connectivity index (χ0n) is 13.2. The Labute approximate surface area is 145 Å². The molecule has 1 aliphatic rings. The van der Waals surface area contributed by atoms with Crippen molar-refractivity contribution in [3.8, 4) is 0 Å². The van der Waals surface area contributed by atoms with Gasteiger partial charge in [-0.05, 0) is 48.1 Å². The average Bonchev–Trinajstić information content (AvgIpc) is 2.89. The first-order valence-electron chi connectivity index (χ1n) is 7.65. The van der Waals surface area contributed by atoms with E-state index in [0.29, 0.717) is 21.9 Å². The first kappa shape index (κ1) is 15.0. The van der Waals surface area contributed by atoms with Crippen molar-refractivity contribution in [2.24, 2.45) is 5.41 Å². The predicted molar refractivity (Wildman–Crippen MR) is 93.4 cm³/mol. The SMILES string of the molecule is Cc1c(C2C(c3cc(Cl)cc(Cl)c3)C2(C)C)nc2ncccn12. The van der Waals surface area contributed by atoms with Crippen LogP contribution in [0.15, 0.2) is 36.7 Å². The van der Waals surface area contributed by atoms with Crippen LogP contribution in [0, 0.1) is 12.3 Å². The second-order valence-electron chi connectivity index (χ2n) is 6.85. The Balaban J connectivity index is 1.81. The van der Waals surface area contributed by atoms with Gasteiger partial charge in [-0.15, -0.1) is 0 Å². The topological polar surface area (TPSA) is 30.2 Å². The Morgan fingerprint density at radius 1 is 1.09 bits per heavy atom. The molecule has 2 heterocycles. The zero-order valence-corrected chi connectivity index (χ0v) is 14.7. The van der Waals surface area contributed by atoms with Crippen LogP contribution in [-0.2, 0) is 0 Å². The Bertz CT molecular complexity index is 894. The van der Waals surface area contributed by atoms with Gasteiger partial charge in [0.25, 0.3) is 0 Å². The summed E-state index contributed by atoms with van der Waals surface area (Å²) < 4.78 is 2.05. The molecule has 3 aromatic rings. The van der Waals surface area contributed by atoms with Gasteiger partial charge in [0.05, 0.1) is 5.69 Å². The lowest BCUT2D eigenvalue weighted by Crippen LogP contribution is -1.93. The molecule has 2 atom stereocenters. The Morgan fingerprint density at radius 2 is 1.78 bits per heavy atom. The van der Waals surface area contributed by atoms with Crippen LogP contribution in [0.1, 0.15) is 42.6 Å². The fourth-order valence-corrected chi connectivity index (χ4v) is 4.38. The van der Waals surface area contributed by atoms with Gasteiger partial charge < -0.3 is 0 Å². The van der Waals surface area contributed by atoms with Crippen LogP contribution in [0.25, 0.3) is 5.78 Å². The summed E-state index contributed by atoms with van der Waals surface area (Å²) in [5, 5.41) is 1.37. The summed E-state index contributed by atoms with van der Waals surface area (Å²) >= 11 is 12.4. The number of imidazole rings is 1. The highest BCUT2D eigenvalue weighted by molar-refractivity contribution is 6.34. The van der Waals surface area contributed by atoms with E-state index < -0.39 is 0 Å². The quantitative estimate of drug-likeness (QED) is 0.634. The summed E-state index contributed by atoms with van der Waals surface area (Å²) in [7, 11) is 0. The molecule has 0 radical (unpaired) electrons. The molecule has 0 saturated heterocycles. The first-order chi connectivity index (χ1) is 10.9. The van der Waals surface area contributed by atoms with Gasteiger partial charge in [-0.25, -0.2) is 9.97 Å². The number of aryl methyl sites for hydroxylation is 1. The fraction of sp³-hybridized carbons (Fsp3) is 0.333. The minimum atomic E-state index is 0.122. The molecule has 1 saturated carbocycles. The normalized spacial score (nSPS) is 22.5. The van der Waals surface area contributed by atoms with Crippen molar-refractivity contribution in [2.45, 2.75) is 32.6 Å². The molecule has 0 spiro atoms. The highest BCUT2D eigenvalue weighted by Crippen LogP contribution is 2.70. The second-order valence-corrected chi connectivity index (χ2v) is 7.72. The minimum absolute atomic E-state index is 0.122. The maximum atomic E-state index is 6.19. The number of halogens is 2. The van der Waals surface area contributed by atoms with Crippen molar-refractivity contribution >= 4 is 29.0 Å². The standard InChI is InChI=1S/C18H17Cl2N3/c1-10-16(22-17-21-5-4-6-23(10)17)15-14(18(15,2)3)11-7-12(19)9-13(20)8-11/h4-9,14-15H,1-3H3. The van der Waals surface area contributed by atoms with Gasteiger partial charge in [-0.2, -0.15) is 0 Å². The average molecular weight is 346 g/mol. The maximum Gasteiger partial charge on any atom is 0.234 e. The van der Waals surface area contributed by atoms with Gasteiger partial charge >= 0.3 is 0 Å². The van der Waals surface area contributed by atoms with E-state index in [2.05, 4.69) is 25.8 Å². The van der Waals surface area contributed by atoms with Crippen LogP contribution in [0.3, 0.4) is 0 Å². The zero-order chi connectivity index (χ0) is 16.4. The number of hydrogen-bond acceptors (Lipinski definition) is 2. The molecule has 0 aliphatic heterocycles. The number of aromatic nitrogens is 3. The van der Waals surface area contributed by atoms with E-state index in [1.165, 1.54) is 5.56 Å². The second kappa shape index (κ2) is 4.96. The molecule has 23 heavy (non-hydrogen) atoms. The first-order valence-corrected chi connectivity index (χ1v) is 8.41. The third-order valence-electron chi connectivity index (χ3n) is 5.05. The molecule has 5 heteroatoms. The molecular formula is C18H17Cl2N3. The number of fused-ring (bicyclic) bond motifs is 1. The highest BCUT2D eigenvalue weighted by Gasteiger charge is 2.60. The number of hydrogen-bond donors (Lipinski definition) is 0. The molecule has 1 fully saturated rings. The lowest BCUT2D eigenvalue weighted by Gasteiger charge is -2.04. The molecule has 118 valence electrons. The van der Waals surface area contributed by atoms with Crippen LogP contribution in [0.2, 0.25) is 10.0 Å². The molecule has 1 aliphatic carbocycles. The number of nitrogens with zero attached hydrogens (tertiary/aromatic N) is 3. The van der Waals surface area contributed by atoms with E-state index in [9.17, 15) is 0 Å². The largest absolute Gasteiger partial charge is 0.288 e. The lowest BCUT2D eigenvalue weighted by atomic mass is 10.0. The fourth-order valence-electron chi connectivity index (χ4n) is 3.84. The minimum Gasteiger partial charge on any atom is -0.288 e. The van der Waals surface area contributed by atoms with Crippen molar-refractivity contribution < 1.29 is 0 Å². The Morgan fingerprint density at radius 3 is 2.43 bits per heavy atom. The summed E-state index contributed by atoms with van der Waals surface area (Å²) in [6.07, 6.45) is 3.78. The number of rotatable bonds is 2. The molecule has 0 amide bonds. The molecule has 1 aromatic carbocycles. The van der Waals surface area contributed by atoms with Crippen LogP contribution in [-0.4, -0.2) is 14.4 Å². The van der Waals surface area contributed by atoms with E-state index in [1.807, 2.05) is 28.8 Å². The van der Waals surface area contributed by atoms with Crippen LogP contribution < -0.4 is 0 Å². The van der Waals surface area contributed by atoms with E-state index in [0.717, 1.165) is 17.2 Å². The van der Waals surface area contributed by atoms with Gasteiger partial charge in [0.2, 0.25) is 5.78 Å². The van der Waals surface area contributed by atoms with Gasteiger partial charge in [0, 0.05) is 34.1 Å². The van der Waals surface area contributed by atoms with Crippen molar-refractivity contribution in [1.29, 1.82) is 0 Å². The number of benzene rings is 1. The molecular weight excluding hydrogens is 329 g/mol. The van der Waals surface area contributed by atoms with Crippen LogP contribution in [0.5, 0.6) is 0 Å². The van der Waals surface area contributed by atoms with E-state index in [1.54, 1.807) is 12.3 Å². The van der Waals surface area contributed by atoms with Crippen molar-refractivity contribution in [3.63, 3.8) is 0 Å². The molecule has 0 bridgehead atoms. The van der Waals surface area contributed by atoms with Crippen molar-refractivity contribution in [1.82, 2.24) is 14.4 Å². The molecule has 0 N–H and O–H groups in total. The van der Waals surface area contributed by atoms with Gasteiger partial charge in [-0.3, -0.25) is 4.40 Å². The van der Waals surface area contributed by atoms with Gasteiger partial charge in [0.15, 0.2) is 0 Å². The van der Waals surface area contributed by atoms with Crippen molar-refractivity contribution in [3.05, 3.63) is 63.7 Å². The maximum absolute atomic E-state index is 6.19. The summed E-state index contributed by atoms with van der Waals surface area (Å²) in [6, 6.07) is 7.74. The van der Waals surface area contributed by atoms with E-state index >= 15 is 0 Å². The Kier molecular flexibility index (Phi) is 3.23. The van der Waals surface area contributed by atoms with Gasteiger partial charge in [0.1, 0.15) is 0 Å². The van der Waals surface area contributed by atoms with E-state index in [4.69, 9.17) is 28.2 Å². The molecule has 4 rings (SSSR count). The van der Waals surface area contributed by atoms with Gasteiger partial charge in [-0.1, -0.05) is 37.0 Å². The highest BCUT2D eigenvalue weighted by atomic mass is 35.5. The summed E-state index contributed by atoms with van der Waals surface area (Å²) in [6.45, 7) is 6.65. The van der Waals surface area contributed by atoms with Crippen molar-refractivity contribution in [2.75, 3.05) is 0 Å². The molecule has 2 unspecified atom stereocenters.